The fourth-order valence-corrected chi connectivity index (χ4v) is 1.54. The van der Waals surface area contributed by atoms with E-state index in [2.05, 4.69) is 10.6 Å². The van der Waals surface area contributed by atoms with Crippen molar-refractivity contribution in [3.63, 3.8) is 0 Å². The van der Waals surface area contributed by atoms with Gasteiger partial charge in [-0.1, -0.05) is 12.1 Å². The quantitative estimate of drug-likeness (QED) is 0.644. The number of methoxy groups -OCH3 is 1. The molecule has 3 nitrogen and oxygen atoms in total. The topological polar surface area (TPSA) is 33.3 Å². The van der Waals surface area contributed by atoms with Crippen molar-refractivity contribution in [2.45, 2.75) is 12.7 Å². The van der Waals surface area contributed by atoms with E-state index in [1.54, 1.807) is 13.2 Å². The highest BCUT2D eigenvalue weighted by atomic mass is 32.1. The van der Waals surface area contributed by atoms with Crippen molar-refractivity contribution in [1.29, 1.82) is 0 Å². The van der Waals surface area contributed by atoms with E-state index in [0.717, 1.165) is 12.1 Å². The van der Waals surface area contributed by atoms with Crippen molar-refractivity contribution in [2.24, 2.45) is 0 Å². The molecular weight excluding hydrogens is 277 g/mol. The third kappa shape index (κ3) is 5.89. The number of rotatable bonds is 5. The van der Waals surface area contributed by atoms with Crippen molar-refractivity contribution >= 4 is 17.3 Å². The van der Waals surface area contributed by atoms with E-state index < -0.39 is 11.7 Å². The van der Waals surface area contributed by atoms with Crippen LogP contribution in [-0.4, -0.2) is 25.4 Å². The van der Waals surface area contributed by atoms with Gasteiger partial charge in [0.1, 0.15) is 0 Å². The lowest BCUT2D eigenvalue weighted by molar-refractivity contribution is -0.137. The zero-order valence-corrected chi connectivity index (χ0v) is 11.2. The van der Waals surface area contributed by atoms with E-state index in [4.69, 9.17) is 17.0 Å². The molecule has 0 amide bonds. The van der Waals surface area contributed by atoms with Gasteiger partial charge in [0.05, 0.1) is 12.2 Å². The lowest BCUT2D eigenvalue weighted by Crippen LogP contribution is -2.36. The van der Waals surface area contributed by atoms with Gasteiger partial charge in [0.25, 0.3) is 0 Å². The smallest absolute Gasteiger partial charge is 0.383 e. The lowest BCUT2D eigenvalue weighted by atomic mass is 10.1. The average Bonchev–Trinajstić information content (AvgIpc) is 2.36. The Balaban J connectivity index is 2.47. The first kappa shape index (κ1) is 15.7. The van der Waals surface area contributed by atoms with Gasteiger partial charge in [0.2, 0.25) is 0 Å². The Bertz CT molecular complexity index is 424. The highest BCUT2D eigenvalue weighted by Crippen LogP contribution is 2.29. The Morgan fingerprint density at radius 1 is 1.32 bits per heavy atom. The summed E-state index contributed by atoms with van der Waals surface area (Å²) in [5, 5.41) is 6.09. The maximum atomic E-state index is 12.5. The predicted octanol–water partition coefficient (Wildman–Crippen LogP) is 2.32. The molecule has 19 heavy (non-hydrogen) atoms. The molecule has 106 valence electrons. The number of ether oxygens (including phenoxy) is 1. The number of alkyl halides is 3. The summed E-state index contributed by atoms with van der Waals surface area (Å²) in [7, 11) is 1.57. The van der Waals surface area contributed by atoms with Crippen LogP contribution in [0.1, 0.15) is 11.1 Å². The van der Waals surface area contributed by atoms with E-state index in [9.17, 15) is 13.2 Å². The number of hydrogen-bond acceptors (Lipinski definition) is 2. The summed E-state index contributed by atoms with van der Waals surface area (Å²) in [4.78, 5) is 0. The van der Waals surface area contributed by atoms with Gasteiger partial charge in [-0.15, -0.1) is 0 Å². The zero-order valence-electron chi connectivity index (χ0n) is 10.4. The first-order valence-corrected chi connectivity index (χ1v) is 6.01. The van der Waals surface area contributed by atoms with Crippen molar-refractivity contribution in [2.75, 3.05) is 20.3 Å². The summed E-state index contributed by atoms with van der Waals surface area (Å²) in [5.41, 5.74) is -0.143. The fourth-order valence-electron chi connectivity index (χ4n) is 1.37. The van der Waals surface area contributed by atoms with E-state index in [-0.39, 0.29) is 6.54 Å². The van der Waals surface area contributed by atoms with Crippen LogP contribution in [-0.2, 0) is 17.5 Å². The minimum absolute atomic E-state index is 0.239. The van der Waals surface area contributed by atoms with E-state index >= 15 is 0 Å². The summed E-state index contributed by atoms with van der Waals surface area (Å²) in [6.45, 7) is 1.29. The Labute approximate surface area is 115 Å². The molecule has 0 saturated heterocycles. The van der Waals surface area contributed by atoms with Crippen LogP contribution in [0.25, 0.3) is 0 Å². The third-order valence-electron chi connectivity index (χ3n) is 2.30. The average molecular weight is 292 g/mol. The van der Waals surface area contributed by atoms with Gasteiger partial charge in [0, 0.05) is 20.2 Å². The molecule has 0 aromatic heterocycles. The van der Waals surface area contributed by atoms with Gasteiger partial charge in [-0.05, 0) is 29.9 Å². The van der Waals surface area contributed by atoms with Crippen LogP contribution in [0.3, 0.4) is 0 Å². The van der Waals surface area contributed by atoms with E-state index in [0.29, 0.717) is 23.8 Å². The SMILES string of the molecule is COCCNC(=S)NCc1cccc(C(F)(F)F)c1. The maximum absolute atomic E-state index is 12.5. The molecule has 0 aliphatic heterocycles. The molecule has 0 radical (unpaired) electrons. The van der Waals surface area contributed by atoms with Crippen LogP contribution >= 0.6 is 12.2 Å². The summed E-state index contributed by atoms with van der Waals surface area (Å²) in [5.74, 6) is 0. The van der Waals surface area contributed by atoms with Gasteiger partial charge in [-0.25, -0.2) is 0 Å². The second-order valence-electron chi connectivity index (χ2n) is 3.80. The monoisotopic (exact) mass is 292 g/mol. The predicted molar refractivity (Wildman–Crippen MR) is 70.8 cm³/mol. The molecule has 1 aromatic rings. The van der Waals surface area contributed by atoms with Crippen LogP contribution in [0.4, 0.5) is 13.2 Å². The molecule has 0 aliphatic rings. The van der Waals surface area contributed by atoms with Crippen LogP contribution in [0.2, 0.25) is 0 Å². The minimum Gasteiger partial charge on any atom is -0.383 e. The van der Waals surface area contributed by atoms with Crippen molar-refractivity contribution in [1.82, 2.24) is 10.6 Å². The first-order valence-electron chi connectivity index (χ1n) is 5.60. The van der Waals surface area contributed by atoms with E-state index in [1.807, 2.05) is 0 Å². The second-order valence-corrected chi connectivity index (χ2v) is 4.21. The molecule has 0 unspecified atom stereocenters. The number of hydrogen-bond donors (Lipinski definition) is 2. The molecule has 1 rings (SSSR count). The summed E-state index contributed by atoms with van der Waals surface area (Å²) in [6, 6.07) is 5.13. The Morgan fingerprint density at radius 2 is 2.05 bits per heavy atom. The molecule has 1 aromatic carbocycles. The summed E-state index contributed by atoms with van der Waals surface area (Å²) in [6.07, 6.45) is -4.33. The van der Waals surface area contributed by atoms with Crippen molar-refractivity contribution in [3.8, 4) is 0 Å². The molecule has 0 atom stereocenters. The molecule has 2 N–H and O–H groups in total. The van der Waals surface area contributed by atoms with Gasteiger partial charge in [0.15, 0.2) is 5.11 Å². The normalized spacial score (nSPS) is 11.2. The van der Waals surface area contributed by atoms with Crippen molar-refractivity contribution < 1.29 is 17.9 Å². The Hall–Kier alpha value is -1.34. The molecule has 0 heterocycles. The zero-order chi connectivity index (χ0) is 14.3. The molecule has 0 bridgehead atoms. The van der Waals surface area contributed by atoms with Gasteiger partial charge in [-0.3, -0.25) is 0 Å². The molecule has 0 spiro atoms. The minimum atomic E-state index is -4.33. The molecule has 0 fully saturated rings. The highest BCUT2D eigenvalue weighted by molar-refractivity contribution is 7.80. The Morgan fingerprint density at radius 3 is 2.68 bits per heavy atom. The van der Waals surface area contributed by atoms with Crippen LogP contribution in [0.5, 0.6) is 0 Å². The third-order valence-corrected chi connectivity index (χ3v) is 2.59. The standard InChI is InChI=1S/C12H15F3N2OS/c1-18-6-5-16-11(19)17-8-9-3-2-4-10(7-9)12(13,14)15/h2-4,7H,5-6,8H2,1H3,(H2,16,17,19). The molecule has 0 aliphatic carbocycles. The highest BCUT2D eigenvalue weighted by Gasteiger charge is 2.30. The largest absolute Gasteiger partial charge is 0.416 e. The second kappa shape index (κ2) is 7.30. The Kier molecular flexibility index (Phi) is 6.04. The lowest BCUT2D eigenvalue weighted by Gasteiger charge is -2.12. The van der Waals surface area contributed by atoms with E-state index in [1.165, 1.54) is 6.07 Å². The summed E-state index contributed by atoms with van der Waals surface area (Å²) < 4.78 is 42.3. The fraction of sp³-hybridized carbons (Fsp3) is 0.417. The van der Waals surface area contributed by atoms with Crippen LogP contribution < -0.4 is 10.6 Å². The van der Waals surface area contributed by atoms with Gasteiger partial charge in [-0.2, -0.15) is 13.2 Å². The van der Waals surface area contributed by atoms with Crippen LogP contribution in [0.15, 0.2) is 24.3 Å². The van der Waals surface area contributed by atoms with Gasteiger partial charge >= 0.3 is 6.18 Å². The first-order chi connectivity index (χ1) is 8.93. The molecular formula is C12H15F3N2OS. The molecule has 7 heteroatoms. The number of halogens is 3. The summed E-state index contributed by atoms with van der Waals surface area (Å²) >= 11 is 4.97. The van der Waals surface area contributed by atoms with Crippen molar-refractivity contribution in [3.05, 3.63) is 35.4 Å². The van der Waals surface area contributed by atoms with Gasteiger partial charge < -0.3 is 15.4 Å². The maximum Gasteiger partial charge on any atom is 0.416 e. The van der Waals surface area contributed by atoms with Crippen LogP contribution in [0, 0.1) is 0 Å². The number of benzene rings is 1. The number of thiocarbonyl (C=S) groups is 1. The number of nitrogens with one attached hydrogen (secondary N) is 2. The molecule has 0 saturated carbocycles.